The van der Waals surface area contributed by atoms with Crippen LogP contribution in [0.25, 0.3) is 5.57 Å². The minimum atomic E-state index is -4.56. The second-order valence-corrected chi connectivity index (χ2v) is 3.23. The van der Waals surface area contributed by atoms with Crippen molar-refractivity contribution in [2.75, 3.05) is 0 Å². The lowest BCUT2D eigenvalue weighted by Crippen LogP contribution is -2.10. The van der Waals surface area contributed by atoms with Gasteiger partial charge in [0, 0.05) is 0 Å². The number of hydrogen-bond donors (Lipinski definition) is 0. The second-order valence-electron chi connectivity index (χ2n) is 3.23. The number of rotatable bonds is 3. The number of alkyl halides is 5. The molecule has 0 saturated carbocycles. The molecule has 0 bridgehead atoms. The zero-order valence-electron chi connectivity index (χ0n) is 8.24. The van der Waals surface area contributed by atoms with Crippen molar-refractivity contribution in [1.29, 1.82) is 0 Å². The Morgan fingerprint density at radius 1 is 1.06 bits per heavy atom. The van der Waals surface area contributed by atoms with Gasteiger partial charge in [-0.1, -0.05) is 18.7 Å². The first kappa shape index (κ1) is 12.7. The second kappa shape index (κ2) is 4.63. The summed E-state index contributed by atoms with van der Waals surface area (Å²) in [5.74, 6) is 0. The van der Waals surface area contributed by atoms with Gasteiger partial charge in [-0.3, -0.25) is 0 Å². The minimum absolute atomic E-state index is 0.0567. The Morgan fingerprint density at radius 3 is 2.06 bits per heavy atom. The van der Waals surface area contributed by atoms with Crippen molar-refractivity contribution in [3.8, 4) is 0 Å². The van der Waals surface area contributed by atoms with Gasteiger partial charge in [-0.2, -0.15) is 13.2 Å². The lowest BCUT2D eigenvalue weighted by Gasteiger charge is -2.12. The van der Waals surface area contributed by atoms with Crippen LogP contribution in [0.15, 0.2) is 24.8 Å². The van der Waals surface area contributed by atoms with E-state index < -0.39 is 25.1 Å². The third-order valence-corrected chi connectivity index (χ3v) is 2.18. The van der Waals surface area contributed by atoms with E-state index in [0.29, 0.717) is 0 Å². The van der Waals surface area contributed by atoms with E-state index in [1.54, 1.807) is 0 Å². The summed E-state index contributed by atoms with van der Waals surface area (Å²) < 4.78 is 61.6. The van der Waals surface area contributed by atoms with Gasteiger partial charge in [0.1, 0.15) is 13.3 Å². The van der Waals surface area contributed by atoms with Crippen molar-refractivity contribution in [3.63, 3.8) is 0 Å². The molecule has 1 aromatic rings. The molecule has 0 aromatic heterocycles. The van der Waals surface area contributed by atoms with Crippen LogP contribution in [0, 0.1) is 0 Å². The molecule has 16 heavy (non-hydrogen) atoms. The molecule has 0 amide bonds. The predicted molar refractivity (Wildman–Crippen MR) is 51.2 cm³/mol. The van der Waals surface area contributed by atoms with E-state index in [9.17, 15) is 22.0 Å². The molecule has 0 heterocycles. The highest BCUT2D eigenvalue weighted by molar-refractivity contribution is 5.68. The molecule has 0 fully saturated rings. The van der Waals surface area contributed by atoms with Gasteiger partial charge in [-0.25, -0.2) is 8.78 Å². The molecule has 0 radical (unpaired) electrons. The standard InChI is InChI=1S/C11H9F5/c1-7(11(14,15)16)8-2-3-9(5-12)10(4-8)6-13/h2-4H,1,5-6H2. The maximum atomic E-state index is 12.4. The van der Waals surface area contributed by atoms with E-state index in [-0.39, 0.29) is 16.7 Å². The first-order chi connectivity index (χ1) is 7.40. The SMILES string of the molecule is C=C(c1ccc(CF)c(CF)c1)C(F)(F)F. The molecule has 0 aliphatic rings. The minimum Gasteiger partial charge on any atom is -0.246 e. The van der Waals surface area contributed by atoms with Crippen LogP contribution in [0.3, 0.4) is 0 Å². The van der Waals surface area contributed by atoms with E-state index in [1.165, 1.54) is 0 Å². The van der Waals surface area contributed by atoms with E-state index >= 15 is 0 Å². The fourth-order valence-corrected chi connectivity index (χ4v) is 1.23. The summed E-state index contributed by atoms with van der Waals surface area (Å²) in [6.45, 7) is 0.979. The lowest BCUT2D eigenvalue weighted by atomic mass is 10.0. The molecule has 5 heteroatoms. The van der Waals surface area contributed by atoms with E-state index in [0.717, 1.165) is 18.2 Å². The average molecular weight is 236 g/mol. The van der Waals surface area contributed by atoms with Crippen molar-refractivity contribution < 1.29 is 22.0 Å². The summed E-state index contributed by atoms with van der Waals surface area (Å²) in [7, 11) is 0. The van der Waals surface area contributed by atoms with Crippen LogP contribution >= 0.6 is 0 Å². The fraction of sp³-hybridized carbons (Fsp3) is 0.273. The number of benzene rings is 1. The Bertz CT molecular complexity index is 392. The number of hydrogen-bond acceptors (Lipinski definition) is 0. The molecule has 0 spiro atoms. The monoisotopic (exact) mass is 236 g/mol. The quantitative estimate of drug-likeness (QED) is 0.690. The Balaban J connectivity index is 3.13. The van der Waals surface area contributed by atoms with Crippen LogP contribution in [-0.2, 0) is 13.3 Å². The van der Waals surface area contributed by atoms with Crippen LogP contribution in [-0.4, -0.2) is 6.18 Å². The van der Waals surface area contributed by atoms with Crippen LogP contribution in [0.1, 0.15) is 16.7 Å². The Kier molecular flexibility index (Phi) is 3.67. The van der Waals surface area contributed by atoms with Gasteiger partial charge in [0.05, 0.1) is 5.57 Å². The molecule has 88 valence electrons. The molecular weight excluding hydrogens is 227 g/mol. The van der Waals surface area contributed by atoms with Crippen molar-refractivity contribution in [2.24, 2.45) is 0 Å². The zero-order chi connectivity index (χ0) is 12.3. The predicted octanol–water partition coefficient (Wildman–Crippen LogP) is 4.20. The van der Waals surface area contributed by atoms with Crippen molar-refractivity contribution in [1.82, 2.24) is 0 Å². The lowest BCUT2D eigenvalue weighted by molar-refractivity contribution is -0.0686. The first-order valence-corrected chi connectivity index (χ1v) is 4.40. The van der Waals surface area contributed by atoms with Gasteiger partial charge in [0.2, 0.25) is 0 Å². The maximum Gasteiger partial charge on any atom is 0.416 e. The summed E-state index contributed by atoms with van der Waals surface area (Å²) >= 11 is 0. The fourth-order valence-electron chi connectivity index (χ4n) is 1.23. The zero-order valence-corrected chi connectivity index (χ0v) is 8.24. The first-order valence-electron chi connectivity index (χ1n) is 4.40. The van der Waals surface area contributed by atoms with Crippen LogP contribution in [0.4, 0.5) is 22.0 Å². The molecule has 1 rings (SSSR count). The molecule has 0 aliphatic carbocycles. The third kappa shape index (κ3) is 2.59. The van der Waals surface area contributed by atoms with Crippen molar-refractivity contribution in [3.05, 3.63) is 41.5 Å². The Labute approximate surface area is 89.4 Å². The molecule has 0 nitrogen and oxygen atoms in total. The molecular formula is C11H9F5. The van der Waals surface area contributed by atoms with Gasteiger partial charge < -0.3 is 0 Å². The highest BCUT2D eigenvalue weighted by Gasteiger charge is 2.32. The molecule has 0 N–H and O–H groups in total. The van der Waals surface area contributed by atoms with Crippen molar-refractivity contribution in [2.45, 2.75) is 19.5 Å². The number of halogens is 5. The molecule has 0 aliphatic heterocycles. The summed E-state index contributed by atoms with van der Waals surface area (Å²) in [4.78, 5) is 0. The summed E-state index contributed by atoms with van der Waals surface area (Å²) in [6.07, 6.45) is -4.56. The Morgan fingerprint density at radius 2 is 1.62 bits per heavy atom. The molecule has 0 unspecified atom stereocenters. The highest BCUT2D eigenvalue weighted by Crippen LogP contribution is 2.33. The molecule has 1 aromatic carbocycles. The van der Waals surface area contributed by atoms with E-state index in [1.807, 2.05) is 0 Å². The average Bonchev–Trinajstić information content (AvgIpc) is 2.25. The van der Waals surface area contributed by atoms with Gasteiger partial charge in [0.25, 0.3) is 0 Å². The van der Waals surface area contributed by atoms with Crippen LogP contribution in [0.2, 0.25) is 0 Å². The highest BCUT2D eigenvalue weighted by atomic mass is 19.4. The number of allylic oxidation sites excluding steroid dienone is 1. The summed E-state index contributed by atoms with van der Waals surface area (Å²) in [5, 5.41) is 0. The van der Waals surface area contributed by atoms with Gasteiger partial charge >= 0.3 is 6.18 Å². The Hall–Kier alpha value is -1.39. The largest absolute Gasteiger partial charge is 0.416 e. The smallest absolute Gasteiger partial charge is 0.246 e. The van der Waals surface area contributed by atoms with Gasteiger partial charge in [-0.05, 0) is 22.8 Å². The van der Waals surface area contributed by atoms with Gasteiger partial charge in [-0.15, -0.1) is 0 Å². The third-order valence-electron chi connectivity index (χ3n) is 2.18. The van der Waals surface area contributed by atoms with E-state index in [4.69, 9.17) is 0 Å². The maximum absolute atomic E-state index is 12.4. The van der Waals surface area contributed by atoms with E-state index in [2.05, 4.69) is 6.58 Å². The van der Waals surface area contributed by atoms with Crippen molar-refractivity contribution >= 4 is 5.57 Å². The summed E-state index contributed by atoms with van der Waals surface area (Å²) in [6, 6.07) is 3.20. The molecule has 0 saturated heterocycles. The molecule has 0 atom stereocenters. The van der Waals surface area contributed by atoms with Crippen LogP contribution < -0.4 is 0 Å². The normalized spacial score (nSPS) is 11.6. The van der Waals surface area contributed by atoms with Crippen LogP contribution in [0.5, 0.6) is 0 Å². The summed E-state index contributed by atoms with van der Waals surface area (Å²) in [5.41, 5.74) is -1.32. The van der Waals surface area contributed by atoms with Gasteiger partial charge in [0.15, 0.2) is 0 Å². The topological polar surface area (TPSA) is 0 Å².